The first-order valence-corrected chi connectivity index (χ1v) is 21.0. The van der Waals surface area contributed by atoms with Crippen LogP contribution < -0.4 is 4.90 Å². The highest BCUT2D eigenvalue weighted by Gasteiger charge is 2.21. The molecule has 11 aromatic rings. The molecule has 0 aliphatic carbocycles. The predicted octanol–water partition coefficient (Wildman–Crippen LogP) is 17.0. The van der Waals surface area contributed by atoms with E-state index in [1.54, 1.807) is 0 Å². The van der Waals surface area contributed by atoms with Crippen molar-refractivity contribution >= 4 is 49.4 Å². The fraction of sp³-hybridized carbons (Fsp3) is 0. The predicted molar refractivity (Wildman–Crippen MR) is 261 cm³/mol. The van der Waals surface area contributed by atoms with Crippen LogP contribution in [0.4, 0.5) is 17.1 Å². The number of rotatable bonds is 8. The third-order valence-corrected chi connectivity index (χ3v) is 12.0. The number of hydrogen-bond acceptors (Lipinski definition) is 1. The molecule has 0 radical (unpaired) electrons. The van der Waals surface area contributed by atoms with Gasteiger partial charge in [0.1, 0.15) is 0 Å². The molecule has 0 atom stereocenters. The monoisotopic (exact) mass is 775 g/mol. The molecule has 0 fully saturated rings. The molecule has 0 heterocycles. The summed E-state index contributed by atoms with van der Waals surface area (Å²) < 4.78 is 0. The zero-order valence-electron chi connectivity index (χ0n) is 33.6. The van der Waals surface area contributed by atoms with E-state index < -0.39 is 0 Å². The summed E-state index contributed by atoms with van der Waals surface area (Å²) in [4.78, 5) is 2.45. The average Bonchev–Trinajstić information content (AvgIpc) is 3.34. The van der Waals surface area contributed by atoms with E-state index in [0.29, 0.717) is 0 Å². The van der Waals surface area contributed by atoms with Gasteiger partial charge in [-0.3, -0.25) is 0 Å². The van der Waals surface area contributed by atoms with Crippen molar-refractivity contribution in [1.29, 1.82) is 0 Å². The van der Waals surface area contributed by atoms with Gasteiger partial charge >= 0.3 is 0 Å². The van der Waals surface area contributed by atoms with Crippen LogP contribution in [0, 0.1) is 0 Å². The molecule has 0 aliphatic heterocycles. The summed E-state index contributed by atoms with van der Waals surface area (Å²) in [6, 6.07) is 90.6. The highest BCUT2D eigenvalue weighted by Crippen LogP contribution is 2.47. The minimum atomic E-state index is 1.08. The Morgan fingerprint density at radius 3 is 1.41 bits per heavy atom. The number of nitrogens with zero attached hydrogens (tertiary/aromatic N) is 1. The van der Waals surface area contributed by atoms with Gasteiger partial charge in [-0.15, -0.1) is 0 Å². The lowest BCUT2D eigenvalue weighted by Crippen LogP contribution is -2.11. The molecule has 0 aromatic heterocycles. The molecule has 11 rings (SSSR count). The van der Waals surface area contributed by atoms with Gasteiger partial charge in [0.15, 0.2) is 0 Å². The third-order valence-electron chi connectivity index (χ3n) is 12.0. The van der Waals surface area contributed by atoms with Gasteiger partial charge in [0.2, 0.25) is 0 Å². The second-order valence-corrected chi connectivity index (χ2v) is 15.7. The Kier molecular flexibility index (Phi) is 9.26. The first kappa shape index (κ1) is 36.1. The van der Waals surface area contributed by atoms with Crippen LogP contribution in [0.25, 0.3) is 88.0 Å². The Bertz CT molecular complexity index is 3270. The molecule has 0 unspecified atom stereocenters. The maximum absolute atomic E-state index is 2.45. The number of fused-ring (bicyclic) bond motifs is 4. The minimum Gasteiger partial charge on any atom is -0.310 e. The zero-order valence-corrected chi connectivity index (χ0v) is 33.6. The van der Waals surface area contributed by atoms with Crippen LogP contribution in [-0.4, -0.2) is 0 Å². The number of benzene rings is 11. The Balaban J connectivity index is 1.14. The molecule has 0 saturated carbocycles. The van der Waals surface area contributed by atoms with Crippen molar-refractivity contribution < 1.29 is 0 Å². The lowest BCUT2D eigenvalue weighted by molar-refractivity contribution is 1.30. The Labute approximate surface area is 357 Å². The number of hydrogen-bond donors (Lipinski definition) is 0. The van der Waals surface area contributed by atoms with Gasteiger partial charge in [-0.05, 0) is 131 Å². The topological polar surface area (TPSA) is 3.24 Å². The molecule has 1 heteroatoms. The maximum atomic E-state index is 2.45. The molecule has 0 amide bonds. The second-order valence-electron chi connectivity index (χ2n) is 15.7. The summed E-state index contributed by atoms with van der Waals surface area (Å²) in [6.45, 7) is 0. The Morgan fingerprint density at radius 2 is 0.738 bits per heavy atom. The molecule has 0 saturated heterocycles. The van der Waals surface area contributed by atoms with E-state index in [4.69, 9.17) is 0 Å². The van der Waals surface area contributed by atoms with E-state index in [-0.39, 0.29) is 0 Å². The van der Waals surface area contributed by atoms with E-state index in [9.17, 15) is 0 Å². The fourth-order valence-corrected chi connectivity index (χ4v) is 9.06. The summed E-state index contributed by atoms with van der Waals surface area (Å²) in [5.74, 6) is 0. The second kappa shape index (κ2) is 15.6. The van der Waals surface area contributed by atoms with E-state index in [0.717, 1.165) is 22.6 Å². The molecule has 0 bridgehead atoms. The first-order valence-electron chi connectivity index (χ1n) is 21.0. The van der Waals surface area contributed by atoms with Gasteiger partial charge in [-0.25, -0.2) is 0 Å². The molecule has 0 spiro atoms. The van der Waals surface area contributed by atoms with Crippen LogP contribution in [-0.2, 0) is 0 Å². The van der Waals surface area contributed by atoms with Crippen molar-refractivity contribution in [3.05, 3.63) is 249 Å². The van der Waals surface area contributed by atoms with Crippen molar-refractivity contribution in [2.45, 2.75) is 0 Å². The number of anilines is 3. The molecule has 11 aromatic carbocycles. The molecule has 1 nitrogen and oxygen atoms in total. The van der Waals surface area contributed by atoms with Crippen LogP contribution in [0.2, 0.25) is 0 Å². The summed E-state index contributed by atoms with van der Waals surface area (Å²) in [5.41, 5.74) is 15.2. The van der Waals surface area contributed by atoms with Crippen molar-refractivity contribution in [1.82, 2.24) is 0 Å². The molecule has 0 aliphatic rings. The van der Waals surface area contributed by atoms with Crippen molar-refractivity contribution in [2.75, 3.05) is 4.90 Å². The Morgan fingerprint density at radius 1 is 0.230 bits per heavy atom. The standard InChI is InChI=1S/C60H41N/c1-4-17-42(18-5-1)51-39-57(45-20-6-2-7-21-45)60(58(40-51)46-22-8-3-9-23-46)50-26-16-27-53(38-50)61(59-41-49-25-12-13-28-54(49)55-29-14-15-30-56(55)59)52-35-33-44(34-36-52)48-32-31-43-19-10-11-24-47(43)37-48/h1-41H. The van der Waals surface area contributed by atoms with Crippen molar-refractivity contribution in [3.8, 4) is 55.6 Å². The fourth-order valence-electron chi connectivity index (χ4n) is 9.06. The molecular formula is C60H41N. The van der Waals surface area contributed by atoms with Crippen LogP contribution in [0.1, 0.15) is 0 Å². The summed E-state index contributed by atoms with van der Waals surface area (Å²) in [6.07, 6.45) is 0. The highest BCUT2D eigenvalue weighted by molar-refractivity contribution is 6.14. The smallest absolute Gasteiger partial charge is 0.0546 e. The molecule has 61 heavy (non-hydrogen) atoms. The summed E-state index contributed by atoms with van der Waals surface area (Å²) in [5, 5.41) is 7.38. The van der Waals surface area contributed by atoms with Gasteiger partial charge in [0, 0.05) is 16.8 Å². The Hall–Kier alpha value is -8.00. The van der Waals surface area contributed by atoms with Crippen LogP contribution in [0.5, 0.6) is 0 Å². The largest absolute Gasteiger partial charge is 0.310 e. The third kappa shape index (κ3) is 6.83. The maximum Gasteiger partial charge on any atom is 0.0546 e. The van der Waals surface area contributed by atoms with E-state index in [2.05, 4.69) is 254 Å². The van der Waals surface area contributed by atoms with Gasteiger partial charge in [-0.2, -0.15) is 0 Å². The summed E-state index contributed by atoms with van der Waals surface area (Å²) >= 11 is 0. The van der Waals surface area contributed by atoms with Gasteiger partial charge in [-0.1, -0.05) is 200 Å². The van der Waals surface area contributed by atoms with E-state index in [1.807, 2.05) is 0 Å². The van der Waals surface area contributed by atoms with E-state index in [1.165, 1.54) is 82.4 Å². The SMILES string of the molecule is c1ccc(-c2cc(-c3ccccc3)c(-c3cccc(N(c4ccc(-c5ccc6ccccc6c5)cc4)c4cc5ccccc5c5ccccc45)c3)c(-c3ccccc3)c2)cc1. The van der Waals surface area contributed by atoms with Gasteiger partial charge < -0.3 is 4.90 Å². The normalized spacial score (nSPS) is 11.3. The van der Waals surface area contributed by atoms with Crippen LogP contribution in [0.15, 0.2) is 249 Å². The lowest BCUT2D eigenvalue weighted by Gasteiger charge is -2.28. The molecule has 286 valence electrons. The quantitative estimate of drug-likeness (QED) is 0.139. The minimum absolute atomic E-state index is 1.08. The average molecular weight is 776 g/mol. The van der Waals surface area contributed by atoms with Crippen LogP contribution in [0.3, 0.4) is 0 Å². The first-order chi connectivity index (χ1) is 30.2. The summed E-state index contributed by atoms with van der Waals surface area (Å²) in [7, 11) is 0. The van der Waals surface area contributed by atoms with Crippen molar-refractivity contribution in [2.24, 2.45) is 0 Å². The zero-order chi connectivity index (χ0) is 40.5. The van der Waals surface area contributed by atoms with Gasteiger partial charge in [0.25, 0.3) is 0 Å². The van der Waals surface area contributed by atoms with E-state index >= 15 is 0 Å². The molecule has 0 N–H and O–H groups in total. The highest BCUT2D eigenvalue weighted by atomic mass is 15.1. The lowest BCUT2D eigenvalue weighted by atomic mass is 9.84. The van der Waals surface area contributed by atoms with Crippen molar-refractivity contribution in [3.63, 3.8) is 0 Å². The molecular weight excluding hydrogens is 735 g/mol. The van der Waals surface area contributed by atoms with Crippen LogP contribution >= 0.6 is 0 Å². The van der Waals surface area contributed by atoms with Gasteiger partial charge in [0.05, 0.1) is 5.69 Å².